The molecule has 0 radical (unpaired) electrons. The Morgan fingerprint density at radius 2 is 2.31 bits per heavy atom. The molecule has 0 unspecified atom stereocenters. The summed E-state index contributed by atoms with van der Waals surface area (Å²) in [4.78, 5) is 17.8. The second-order valence-corrected chi connectivity index (χ2v) is 4.09. The Bertz CT molecular complexity index is 388. The Morgan fingerprint density at radius 1 is 1.56 bits per heavy atom. The molecule has 4 nitrogen and oxygen atoms in total. The molecule has 1 saturated carbocycles. The number of esters is 1. The van der Waals surface area contributed by atoms with Crippen LogP contribution in [-0.2, 0) is 4.74 Å². The first-order valence-electron chi connectivity index (χ1n) is 5.49. The number of hydrogen-bond donors (Lipinski definition) is 0. The Morgan fingerprint density at radius 3 is 2.88 bits per heavy atom. The van der Waals surface area contributed by atoms with Crippen LogP contribution in [0.15, 0.2) is 18.3 Å². The highest BCUT2D eigenvalue weighted by Crippen LogP contribution is 2.27. The third-order valence-electron chi connectivity index (χ3n) is 3.15. The van der Waals surface area contributed by atoms with E-state index in [4.69, 9.17) is 0 Å². The number of methoxy groups -OCH3 is 1. The Balaban J connectivity index is 2.17. The zero-order chi connectivity index (χ0) is 11.5. The second kappa shape index (κ2) is 4.51. The molecule has 0 amide bonds. The van der Waals surface area contributed by atoms with E-state index in [1.807, 2.05) is 7.05 Å². The van der Waals surface area contributed by atoms with Crippen molar-refractivity contribution in [2.24, 2.45) is 0 Å². The summed E-state index contributed by atoms with van der Waals surface area (Å²) in [6.45, 7) is 0. The number of carbonyl (C=O) groups is 1. The first-order valence-corrected chi connectivity index (χ1v) is 5.49. The van der Waals surface area contributed by atoms with Crippen LogP contribution in [0.5, 0.6) is 0 Å². The molecule has 0 saturated heterocycles. The van der Waals surface area contributed by atoms with Crippen molar-refractivity contribution in [3.8, 4) is 0 Å². The fourth-order valence-corrected chi connectivity index (χ4v) is 1.82. The molecule has 0 bridgehead atoms. The van der Waals surface area contributed by atoms with Gasteiger partial charge in [-0.1, -0.05) is 0 Å². The van der Waals surface area contributed by atoms with Crippen molar-refractivity contribution in [3.63, 3.8) is 0 Å². The standard InChI is InChI=1S/C12H16N2O2/c1-14(10-4-3-5-10)11-8-9(6-7-13-11)12(15)16-2/h6-8,10H,3-5H2,1-2H3. The van der Waals surface area contributed by atoms with Crippen LogP contribution < -0.4 is 4.90 Å². The van der Waals surface area contributed by atoms with E-state index in [2.05, 4.69) is 14.6 Å². The predicted molar refractivity (Wildman–Crippen MR) is 61.6 cm³/mol. The molecule has 1 aliphatic carbocycles. The van der Waals surface area contributed by atoms with Gasteiger partial charge in [-0.15, -0.1) is 0 Å². The first kappa shape index (κ1) is 10.9. The summed E-state index contributed by atoms with van der Waals surface area (Å²) in [5, 5.41) is 0. The molecule has 0 N–H and O–H groups in total. The van der Waals surface area contributed by atoms with Crippen LogP contribution in [-0.4, -0.2) is 31.2 Å². The second-order valence-electron chi connectivity index (χ2n) is 4.09. The molecular formula is C12H16N2O2. The Kier molecular flexibility index (Phi) is 3.08. The van der Waals surface area contributed by atoms with Gasteiger partial charge < -0.3 is 9.64 Å². The van der Waals surface area contributed by atoms with Gasteiger partial charge in [-0.25, -0.2) is 9.78 Å². The minimum Gasteiger partial charge on any atom is -0.465 e. The van der Waals surface area contributed by atoms with Crippen molar-refractivity contribution in [3.05, 3.63) is 23.9 Å². The van der Waals surface area contributed by atoms with Crippen molar-refractivity contribution < 1.29 is 9.53 Å². The van der Waals surface area contributed by atoms with Gasteiger partial charge in [0.25, 0.3) is 0 Å². The number of pyridine rings is 1. The van der Waals surface area contributed by atoms with Crippen LogP contribution in [0, 0.1) is 0 Å². The van der Waals surface area contributed by atoms with Crippen molar-refractivity contribution in [1.29, 1.82) is 0 Å². The molecule has 0 spiro atoms. The maximum atomic E-state index is 11.4. The minimum atomic E-state index is -0.314. The van der Waals surface area contributed by atoms with E-state index in [9.17, 15) is 4.79 Å². The summed E-state index contributed by atoms with van der Waals surface area (Å²) in [5.41, 5.74) is 0.554. The van der Waals surface area contributed by atoms with Gasteiger partial charge in [-0.05, 0) is 31.4 Å². The van der Waals surface area contributed by atoms with Gasteiger partial charge in [-0.3, -0.25) is 0 Å². The van der Waals surface area contributed by atoms with Gasteiger partial charge in [0.2, 0.25) is 0 Å². The number of anilines is 1. The Labute approximate surface area is 95.2 Å². The normalized spacial score (nSPS) is 15.4. The monoisotopic (exact) mass is 220 g/mol. The highest BCUT2D eigenvalue weighted by molar-refractivity contribution is 5.90. The third kappa shape index (κ3) is 2.01. The molecule has 2 rings (SSSR count). The zero-order valence-corrected chi connectivity index (χ0v) is 9.64. The van der Waals surface area contributed by atoms with Gasteiger partial charge in [0, 0.05) is 19.3 Å². The SMILES string of the molecule is COC(=O)c1ccnc(N(C)C2CCC2)c1. The summed E-state index contributed by atoms with van der Waals surface area (Å²) in [5.74, 6) is 0.526. The summed E-state index contributed by atoms with van der Waals surface area (Å²) >= 11 is 0. The Hall–Kier alpha value is -1.58. The number of carbonyl (C=O) groups excluding carboxylic acids is 1. The van der Waals surface area contributed by atoms with Crippen molar-refractivity contribution in [2.45, 2.75) is 25.3 Å². The van der Waals surface area contributed by atoms with Crippen LogP contribution in [0.4, 0.5) is 5.82 Å². The van der Waals surface area contributed by atoms with Crippen LogP contribution in [0.3, 0.4) is 0 Å². The predicted octanol–water partition coefficient (Wildman–Crippen LogP) is 1.86. The molecule has 1 heterocycles. The molecule has 0 atom stereocenters. The fraction of sp³-hybridized carbons (Fsp3) is 0.500. The van der Waals surface area contributed by atoms with Crippen LogP contribution in [0.1, 0.15) is 29.6 Å². The average molecular weight is 220 g/mol. The van der Waals surface area contributed by atoms with E-state index in [-0.39, 0.29) is 5.97 Å². The largest absolute Gasteiger partial charge is 0.465 e. The van der Waals surface area contributed by atoms with E-state index in [1.165, 1.54) is 26.4 Å². The summed E-state index contributed by atoms with van der Waals surface area (Å²) < 4.78 is 4.69. The smallest absolute Gasteiger partial charge is 0.338 e. The molecule has 1 aliphatic rings. The van der Waals surface area contributed by atoms with Gasteiger partial charge >= 0.3 is 5.97 Å². The van der Waals surface area contributed by atoms with Crippen molar-refractivity contribution in [1.82, 2.24) is 4.98 Å². The summed E-state index contributed by atoms with van der Waals surface area (Å²) in [6.07, 6.45) is 5.35. The quantitative estimate of drug-likeness (QED) is 0.729. The van der Waals surface area contributed by atoms with E-state index in [0.717, 1.165) is 5.82 Å². The first-order chi connectivity index (χ1) is 7.72. The molecule has 16 heavy (non-hydrogen) atoms. The highest BCUT2D eigenvalue weighted by Gasteiger charge is 2.23. The number of nitrogens with zero attached hydrogens (tertiary/aromatic N) is 2. The summed E-state index contributed by atoms with van der Waals surface area (Å²) in [7, 11) is 3.41. The molecule has 1 aromatic rings. The molecule has 0 aromatic carbocycles. The van der Waals surface area contributed by atoms with Gasteiger partial charge in [-0.2, -0.15) is 0 Å². The summed E-state index contributed by atoms with van der Waals surface area (Å²) in [6, 6.07) is 4.02. The molecule has 1 fully saturated rings. The van der Waals surface area contributed by atoms with Crippen LogP contribution in [0.25, 0.3) is 0 Å². The lowest BCUT2D eigenvalue weighted by molar-refractivity contribution is 0.0600. The van der Waals surface area contributed by atoms with Gasteiger partial charge in [0.1, 0.15) is 5.82 Å². The van der Waals surface area contributed by atoms with Crippen molar-refractivity contribution in [2.75, 3.05) is 19.1 Å². The number of rotatable bonds is 3. The lowest BCUT2D eigenvalue weighted by Gasteiger charge is -2.35. The van der Waals surface area contributed by atoms with Crippen LogP contribution in [0.2, 0.25) is 0 Å². The molecule has 1 aromatic heterocycles. The lowest BCUT2D eigenvalue weighted by Crippen LogP contribution is -2.37. The third-order valence-corrected chi connectivity index (χ3v) is 3.15. The number of aromatic nitrogens is 1. The number of ether oxygens (including phenoxy) is 1. The topological polar surface area (TPSA) is 42.4 Å². The highest BCUT2D eigenvalue weighted by atomic mass is 16.5. The molecule has 86 valence electrons. The van der Waals surface area contributed by atoms with E-state index < -0.39 is 0 Å². The van der Waals surface area contributed by atoms with E-state index in [0.29, 0.717) is 11.6 Å². The van der Waals surface area contributed by atoms with E-state index in [1.54, 1.807) is 18.3 Å². The maximum absolute atomic E-state index is 11.4. The minimum absolute atomic E-state index is 0.314. The van der Waals surface area contributed by atoms with Gasteiger partial charge in [0.15, 0.2) is 0 Å². The fourth-order valence-electron chi connectivity index (χ4n) is 1.82. The van der Waals surface area contributed by atoms with Gasteiger partial charge in [0.05, 0.1) is 12.7 Å². The van der Waals surface area contributed by atoms with Crippen LogP contribution >= 0.6 is 0 Å². The molecule has 0 aliphatic heterocycles. The molecular weight excluding hydrogens is 204 g/mol. The van der Waals surface area contributed by atoms with E-state index >= 15 is 0 Å². The number of hydrogen-bond acceptors (Lipinski definition) is 4. The average Bonchev–Trinajstić information content (AvgIpc) is 2.26. The maximum Gasteiger partial charge on any atom is 0.338 e. The van der Waals surface area contributed by atoms with Crippen molar-refractivity contribution >= 4 is 11.8 Å². The lowest BCUT2D eigenvalue weighted by atomic mass is 9.92. The molecule has 4 heteroatoms. The zero-order valence-electron chi connectivity index (χ0n) is 9.64.